The Morgan fingerprint density at radius 3 is 1.46 bits per heavy atom. The van der Waals surface area contributed by atoms with E-state index in [9.17, 15) is 72.5 Å². The maximum absolute atomic E-state index is 15.0. The minimum Gasteiger partial charge on any atom is -0.508 e. The molecule has 2 aliphatic rings. The van der Waals surface area contributed by atoms with Gasteiger partial charge in [-0.05, 0) is 170 Å². The molecule has 36 nitrogen and oxygen atoms in total. The average molecular weight is 2100 g/mol. The van der Waals surface area contributed by atoms with Crippen LogP contribution in [0.15, 0.2) is 59.3 Å². The number of ketones is 3. The molecule has 6 rings (SSSR count). The van der Waals surface area contributed by atoms with E-state index in [0.29, 0.717) is 92.7 Å². The van der Waals surface area contributed by atoms with Gasteiger partial charge in [0.25, 0.3) is 23.6 Å². The number of aromatic hydroxyl groups is 2. The van der Waals surface area contributed by atoms with E-state index in [0.717, 1.165) is 62.6 Å². The van der Waals surface area contributed by atoms with Gasteiger partial charge in [0.15, 0.2) is 17.3 Å². The first-order chi connectivity index (χ1) is 69.9. The number of nitrogens with zero attached hydrogens (tertiary/aromatic N) is 7. The summed E-state index contributed by atoms with van der Waals surface area (Å²) in [6.07, 6.45) is 8.03. The van der Waals surface area contributed by atoms with Crippen molar-refractivity contribution in [3.8, 4) is 11.5 Å². The first-order valence-corrected chi connectivity index (χ1v) is 54.9. The van der Waals surface area contributed by atoms with E-state index in [-0.39, 0.29) is 228 Å². The van der Waals surface area contributed by atoms with Crippen LogP contribution in [0.4, 0.5) is 9.59 Å². The van der Waals surface area contributed by atoms with Crippen LogP contribution in [0.25, 0.3) is 0 Å². The summed E-state index contributed by atoms with van der Waals surface area (Å²) >= 11 is 2.64. The first kappa shape index (κ1) is 127. The molecule has 2 aromatic heterocycles. The molecule has 0 aliphatic carbocycles. The van der Waals surface area contributed by atoms with E-state index in [1.807, 2.05) is 65.3 Å². The van der Waals surface area contributed by atoms with Crippen LogP contribution in [0, 0.1) is 53.3 Å². The van der Waals surface area contributed by atoms with Crippen LogP contribution in [0.5, 0.6) is 11.5 Å². The molecule has 826 valence electrons. The third-order valence-corrected chi connectivity index (χ3v) is 28.7. The summed E-state index contributed by atoms with van der Waals surface area (Å²) in [5.41, 5.74) is 1.37. The number of ether oxygens (including phenoxy) is 8. The molecule has 2 aliphatic heterocycles. The van der Waals surface area contributed by atoms with Gasteiger partial charge < -0.3 is 88.9 Å². The van der Waals surface area contributed by atoms with Gasteiger partial charge in [0, 0.05) is 144 Å². The summed E-state index contributed by atoms with van der Waals surface area (Å²) in [6, 6.07) is 10.9. The SMILES string of the molecule is CCCO[C@H](C[C@H](C(C)C)N(CCC)C(=O)[C@@H](CC(=O)[C@@H]([C@@H](C)CC)N(C)C(=O)OC(C)(C)C)[C@@H](C)CC)c1nc(C(=O)N[C@@H](Cc2ccc(O)cc2)C[C@H](C)C(=O)OC)cs1.CCCO[C@H](C[C@H](C(C)C)N(CCC)C(=O)[C@@H](CC(=O)[C@H]1CCCCN1C)[C@@H](C)CC)c1nc(C(=O)N[C@@H](Cc2ccc(O)cc2)C[C@H](C)C(=O)CNC(=O)OCCOCCOCCOCCNC(=O)CCCC(=O)ON2C(=O)CCC2=O)cs1. The number of amides is 9. The molecule has 147 heavy (non-hydrogen) atoms. The zero-order chi connectivity index (χ0) is 109. The zero-order valence-electron chi connectivity index (χ0n) is 91.5. The highest BCUT2D eigenvalue weighted by molar-refractivity contribution is 7.10. The Balaban J connectivity index is 0.000000544. The molecule has 38 heteroatoms. The van der Waals surface area contributed by atoms with Crippen molar-refractivity contribution in [3.63, 3.8) is 0 Å². The fraction of sp³-hybridized carbons (Fsp3) is 0.706. The lowest BCUT2D eigenvalue weighted by Gasteiger charge is -2.40. The van der Waals surface area contributed by atoms with Crippen molar-refractivity contribution in [2.75, 3.05) is 113 Å². The van der Waals surface area contributed by atoms with E-state index in [2.05, 4.69) is 74.6 Å². The summed E-state index contributed by atoms with van der Waals surface area (Å²) in [5, 5.41) is 36.2. The van der Waals surface area contributed by atoms with Gasteiger partial charge in [-0.15, -0.1) is 27.7 Å². The van der Waals surface area contributed by atoms with Gasteiger partial charge in [-0.1, -0.05) is 161 Å². The second kappa shape index (κ2) is 67.3. The van der Waals surface area contributed by atoms with Crippen molar-refractivity contribution in [2.45, 2.75) is 333 Å². The Bertz CT molecular complexity index is 4690. The van der Waals surface area contributed by atoms with Gasteiger partial charge in [0.1, 0.15) is 57.3 Å². The Hall–Kier alpha value is -9.96. The Morgan fingerprint density at radius 1 is 0.551 bits per heavy atom. The van der Waals surface area contributed by atoms with Crippen molar-refractivity contribution in [3.05, 3.63) is 91.8 Å². The molecule has 2 aromatic carbocycles. The number of alkyl carbamates (subject to hydrolysis) is 1. The maximum Gasteiger partial charge on any atom is 0.410 e. The number of esters is 1. The number of carbonyl (C=O) groups is 14. The lowest BCUT2D eigenvalue weighted by Crippen LogP contribution is -2.51. The molecule has 15 atom stereocenters. The second-order valence-corrected chi connectivity index (χ2v) is 42.5. The predicted octanol–water partition coefficient (Wildman–Crippen LogP) is 16.1. The maximum atomic E-state index is 15.0. The molecular formula is C109H173N11O25S2. The van der Waals surface area contributed by atoms with E-state index in [1.165, 1.54) is 34.7 Å². The van der Waals surface area contributed by atoms with Crippen molar-refractivity contribution < 1.29 is 120 Å². The standard InChI is InChI=1S/C61H95N7O16S.C48H78N4O9S/c1-9-25-67(60(77)47(42(6)11-3)37-51(70)49-15-12-13-26-66(49)8)50(41(4)5)38-53(82-27-10-2)59-65-48(40-85-59)58(76)64-45(36-44-18-20-46(69)21-19-44)35-43(7)52(71)39-63-61(78)83-34-33-81-32-31-80-30-29-79-28-24-62-54(72)16-14-17-57(75)84-68-55(73)22-23-56(68)74;1-15-23-52(45(56)37(31(7)17-3)27-40(54)42(32(8)18-4)51(13)47(58)61-48(10,11)12)39(30(5)6)28-41(60-24-16-2)44-50-38(29-62-44)43(55)49-35(25-33(9)46(57)59-14)26-34-19-21-36(53)22-20-34/h18-21,40-43,45,47,49-50,53,69H,9-17,22-39H2,1-8H3,(H,62,72)(H,63,78)(H,64,76);19-22,29-33,35,37,39,41-42,53H,15-18,23-28H2,1-14H3,(H,49,55)/t42-,43-,45+,47-,49+,50+,53+;31-,32-,33-,35+,37-,39+,41+,42+/m00/s1. The molecular weight excluding hydrogens is 1930 g/mol. The third kappa shape index (κ3) is 44.6. The number of likely N-dealkylation sites (tertiary alicyclic amines) is 1. The number of imide groups is 1. The molecule has 2 fully saturated rings. The van der Waals surface area contributed by atoms with Gasteiger partial charge in [0.05, 0.1) is 71.3 Å². The minimum atomic E-state index is -0.799. The first-order valence-electron chi connectivity index (χ1n) is 53.1. The van der Waals surface area contributed by atoms with Crippen molar-refractivity contribution >= 4 is 105 Å². The smallest absolute Gasteiger partial charge is 0.410 e. The molecule has 0 radical (unpaired) electrons. The molecule has 0 saturated carbocycles. The molecule has 2 saturated heterocycles. The number of rotatable bonds is 68. The number of hydrogen-bond acceptors (Lipinski definition) is 30. The van der Waals surface area contributed by atoms with Crippen LogP contribution >= 0.6 is 22.7 Å². The third-order valence-electron chi connectivity index (χ3n) is 26.8. The molecule has 0 unspecified atom stereocenters. The molecule has 4 heterocycles. The number of thiazole rings is 2. The average Bonchev–Trinajstić information content (AvgIpc) is 1.80. The number of nitrogens with one attached hydrogen (secondary N) is 4. The number of hydrogen-bond donors (Lipinski definition) is 6. The number of aromatic nitrogens is 2. The fourth-order valence-corrected chi connectivity index (χ4v) is 19.6. The number of phenolic OH excluding ortho intramolecular Hbond substituents is 2. The van der Waals surface area contributed by atoms with Crippen LogP contribution in [-0.4, -0.2) is 283 Å². The fourth-order valence-electron chi connectivity index (χ4n) is 17.9. The molecule has 0 bridgehead atoms. The normalized spacial score (nSPS) is 16.3. The van der Waals surface area contributed by atoms with E-state index < -0.39 is 95.5 Å². The summed E-state index contributed by atoms with van der Waals surface area (Å²) in [4.78, 5) is 206. The van der Waals surface area contributed by atoms with Gasteiger partial charge >= 0.3 is 24.1 Å². The van der Waals surface area contributed by atoms with Crippen molar-refractivity contribution in [1.29, 1.82) is 0 Å². The van der Waals surface area contributed by atoms with Crippen LogP contribution in [0.2, 0.25) is 0 Å². The topological polar surface area (TPSA) is 453 Å². The van der Waals surface area contributed by atoms with E-state index >= 15 is 4.79 Å². The quantitative estimate of drug-likeness (QED) is 0.0103. The number of benzene rings is 2. The van der Waals surface area contributed by atoms with Crippen molar-refractivity contribution in [2.24, 2.45) is 53.3 Å². The number of hydroxylamine groups is 2. The number of methoxy groups -OCH3 is 1. The van der Waals surface area contributed by atoms with Crippen LogP contribution in [-0.2, 0) is 104 Å². The summed E-state index contributed by atoms with van der Waals surface area (Å²) in [6.45, 7) is 41.4. The van der Waals surface area contributed by atoms with Gasteiger partial charge in [-0.25, -0.2) is 24.4 Å². The summed E-state index contributed by atoms with van der Waals surface area (Å²) in [5.74, 6) is -5.91. The van der Waals surface area contributed by atoms with Gasteiger partial charge in [-0.3, -0.25) is 57.6 Å². The highest BCUT2D eigenvalue weighted by Crippen LogP contribution is 2.38. The molecule has 9 amide bonds. The van der Waals surface area contributed by atoms with Crippen LogP contribution in [0.1, 0.15) is 321 Å². The van der Waals surface area contributed by atoms with E-state index in [1.54, 1.807) is 101 Å². The Labute approximate surface area is 879 Å². The Kier molecular flexibility index (Phi) is 58.3. The summed E-state index contributed by atoms with van der Waals surface area (Å²) in [7, 11) is 4.94. The van der Waals surface area contributed by atoms with Crippen LogP contribution < -0.4 is 21.3 Å². The van der Waals surface area contributed by atoms with Crippen molar-refractivity contribution in [1.82, 2.24) is 55.9 Å². The number of phenols is 2. The van der Waals surface area contributed by atoms with Gasteiger partial charge in [-0.2, -0.15) is 0 Å². The van der Waals surface area contributed by atoms with Gasteiger partial charge in [0.2, 0.25) is 17.7 Å². The molecule has 6 N–H and O–H groups in total. The number of likely N-dealkylation sites (N-methyl/N-ethyl adjacent to an activating group) is 2. The second-order valence-electron chi connectivity index (χ2n) is 40.7. The highest BCUT2D eigenvalue weighted by atomic mass is 32.1. The monoisotopic (exact) mass is 2100 g/mol. The zero-order valence-corrected chi connectivity index (χ0v) is 93.1. The Morgan fingerprint density at radius 2 is 1.01 bits per heavy atom. The van der Waals surface area contributed by atoms with Crippen LogP contribution in [0.3, 0.4) is 0 Å². The number of Topliss-reactive ketones (excluding diaryl/α,β-unsaturated/α-hetero) is 3. The number of carbonyl (C=O) groups excluding carboxylic acids is 14. The largest absolute Gasteiger partial charge is 0.508 e. The lowest BCUT2D eigenvalue weighted by molar-refractivity contribution is -0.197. The highest BCUT2D eigenvalue weighted by Gasteiger charge is 2.44. The lowest BCUT2D eigenvalue weighted by atomic mass is 9.81. The summed E-state index contributed by atoms with van der Waals surface area (Å²) < 4.78 is 45.1. The van der Waals surface area contributed by atoms with E-state index in [4.69, 9.17) is 52.7 Å². The number of piperidine rings is 1. The predicted molar refractivity (Wildman–Crippen MR) is 562 cm³/mol. The molecule has 4 aromatic rings. The molecule has 0 spiro atoms. The minimum absolute atomic E-state index is 0.00284.